The summed E-state index contributed by atoms with van der Waals surface area (Å²) in [6.07, 6.45) is 4.17. The van der Waals surface area contributed by atoms with Crippen molar-refractivity contribution in [3.05, 3.63) is 16.1 Å². The summed E-state index contributed by atoms with van der Waals surface area (Å²) in [4.78, 5) is 17.2. The molecule has 100 valence electrons. The van der Waals surface area contributed by atoms with Crippen LogP contribution in [0.3, 0.4) is 0 Å². The average molecular weight is 270 g/mol. The minimum Gasteiger partial charge on any atom is -0.476 e. The van der Waals surface area contributed by atoms with Gasteiger partial charge >= 0.3 is 5.97 Å². The fraction of sp³-hybridized carbons (Fsp3) is 0.667. The summed E-state index contributed by atoms with van der Waals surface area (Å²) in [5.41, 5.74) is 0.841. The molecular formula is C12H18N2O3S. The van der Waals surface area contributed by atoms with Crippen molar-refractivity contribution in [1.82, 2.24) is 9.88 Å². The van der Waals surface area contributed by atoms with E-state index in [0.717, 1.165) is 38.0 Å². The minimum atomic E-state index is -0.954. The highest BCUT2D eigenvalue weighted by Gasteiger charge is 2.24. The summed E-state index contributed by atoms with van der Waals surface area (Å²) in [6, 6.07) is 0.507. The molecule has 1 unspecified atom stereocenters. The van der Waals surface area contributed by atoms with Crippen LogP contribution in [0.4, 0.5) is 0 Å². The second-order valence-corrected chi connectivity index (χ2v) is 5.44. The number of aromatic nitrogens is 1. The van der Waals surface area contributed by atoms with Crippen molar-refractivity contribution in [3.8, 4) is 0 Å². The number of aliphatic hydroxyl groups excluding tert-OH is 1. The van der Waals surface area contributed by atoms with Gasteiger partial charge in [0.1, 0.15) is 0 Å². The van der Waals surface area contributed by atoms with Gasteiger partial charge in [-0.25, -0.2) is 9.78 Å². The predicted octanol–water partition coefficient (Wildman–Crippen LogP) is 1.58. The zero-order chi connectivity index (χ0) is 13.0. The fourth-order valence-electron chi connectivity index (χ4n) is 2.44. The Labute approximate surface area is 110 Å². The smallest absolute Gasteiger partial charge is 0.365 e. The predicted molar refractivity (Wildman–Crippen MR) is 68.8 cm³/mol. The molecule has 0 aromatic carbocycles. The fourth-order valence-corrected chi connectivity index (χ4v) is 3.09. The van der Waals surface area contributed by atoms with E-state index < -0.39 is 5.97 Å². The molecule has 1 aromatic rings. The molecule has 0 spiro atoms. The van der Waals surface area contributed by atoms with Crippen LogP contribution < -0.4 is 0 Å². The molecule has 1 saturated heterocycles. The summed E-state index contributed by atoms with van der Waals surface area (Å²) in [7, 11) is 0. The Morgan fingerprint density at radius 1 is 1.61 bits per heavy atom. The molecule has 6 heteroatoms. The minimum absolute atomic E-state index is 0.163. The number of rotatable bonds is 6. The van der Waals surface area contributed by atoms with Crippen LogP contribution in [-0.4, -0.2) is 45.3 Å². The van der Waals surface area contributed by atoms with Crippen molar-refractivity contribution in [2.45, 2.75) is 38.3 Å². The number of hydrogen-bond donors (Lipinski definition) is 2. The van der Waals surface area contributed by atoms with Crippen LogP contribution in [-0.2, 0) is 6.54 Å². The Hall–Kier alpha value is -0.980. The third-order valence-electron chi connectivity index (χ3n) is 3.29. The third-order valence-corrected chi connectivity index (χ3v) is 4.17. The summed E-state index contributed by atoms with van der Waals surface area (Å²) < 4.78 is 0. The number of carboxylic acid groups (broad SMARTS) is 1. The molecule has 0 amide bonds. The van der Waals surface area contributed by atoms with Gasteiger partial charge < -0.3 is 10.2 Å². The zero-order valence-corrected chi connectivity index (χ0v) is 11.0. The highest BCUT2D eigenvalue weighted by Crippen LogP contribution is 2.24. The van der Waals surface area contributed by atoms with Crippen LogP contribution in [0.25, 0.3) is 0 Å². The van der Waals surface area contributed by atoms with E-state index in [9.17, 15) is 4.79 Å². The summed E-state index contributed by atoms with van der Waals surface area (Å²) in [5, 5.41) is 19.7. The molecule has 5 nitrogen and oxygen atoms in total. The van der Waals surface area contributed by atoms with E-state index >= 15 is 0 Å². The van der Waals surface area contributed by atoms with Gasteiger partial charge in [-0.1, -0.05) is 0 Å². The summed E-state index contributed by atoms with van der Waals surface area (Å²) in [5.74, 6) is -0.954. The van der Waals surface area contributed by atoms with Gasteiger partial charge in [-0.05, 0) is 32.2 Å². The first-order valence-electron chi connectivity index (χ1n) is 6.23. The normalized spacial score (nSPS) is 20.4. The summed E-state index contributed by atoms with van der Waals surface area (Å²) >= 11 is 1.18. The highest BCUT2D eigenvalue weighted by molar-refractivity contribution is 7.11. The Bertz CT molecular complexity index is 408. The molecule has 2 heterocycles. The van der Waals surface area contributed by atoms with E-state index in [-0.39, 0.29) is 11.6 Å². The molecule has 1 atom stereocenters. The Kier molecular flexibility index (Phi) is 4.68. The molecule has 2 N–H and O–H groups in total. The average Bonchev–Trinajstić information content (AvgIpc) is 2.96. The standard InChI is InChI=1S/C12H18N2O3S/c15-6-2-4-10-3-1-5-14(10)7-9-8-18-11(13-9)12(16)17/h8,10,15H,1-7H2,(H,16,17). The van der Waals surface area contributed by atoms with Gasteiger partial charge in [0, 0.05) is 24.6 Å². The van der Waals surface area contributed by atoms with Crippen LogP contribution in [0.1, 0.15) is 41.2 Å². The molecule has 1 aliphatic heterocycles. The number of aliphatic hydroxyl groups is 1. The molecule has 2 rings (SSSR count). The second kappa shape index (κ2) is 6.26. The van der Waals surface area contributed by atoms with Crippen LogP contribution >= 0.6 is 11.3 Å². The molecule has 1 aliphatic rings. The maximum absolute atomic E-state index is 10.8. The largest absolute Gasteiger partial charge is 0.476 e. The first-order valence-corrected chi connectivity index (χ1v) is 7.11. The number of carbonyl (C=O) groups is 1. The van der Waals surface area contributed by atoms with E-state index in [1.807, 2.05) is 5.38 Å². The van der Waals surface area contributed by atoms with Gasteiger partial charge in [-0.2, -0.15) is 0 Å². The lowest BCUT2D eigenvalue weighted by Crippen LogP contribution is -2.29. The van der Waals surface area contributed by atoms with Crippen molar-refractivity contribution in [1.29, 1.82) is 0 Å². The number of thiazole rings is 1. The van der Waals surface area contributed by atoms with Gasteiger partial charge in [0.05, 0.1) is 5.69 Å². The van der Waals surface area contributed by atoms with E-state index in [1.165, 1.54) is 17.8 Å². The van der Waals surface area contributed by atoms with Crippen molar-refractivity contribution in [2.24, 2.45) is 0 Å². The molecule has 0 aliphatic carbocycles. The number of likely N-dealkylation sites (tertiary alicyclic amines) is 1. The number of hydrogen-bond acceptors (Lipinski definition) is 5. The first kappa shape index (κ1) is 13.5. The topological polar surface area (TPSA) is 73.7 Å². The van der Waals surface area contributed by atoms with E-state index in [1.54, 1.807) is 0 Å². The van der Waals surface area contributed by atoms with Crippen LogP contribution in [0.2, 0.25) is 0 Å². The number of nitrogens with zero attached hydrogens (tertiary/aromatic N) is 2. The molecule has 18 heavy (non-hydrogen) atoms. The van der Waals surface area contributed by atoms with Gasteiger partial charge in [-0.15, -0.1) is 11.3 Å². The van der Waals surface area contributed by atoms with Gasteiger partial charge in [0.25, 0.3) is 0 Å². The highest BCUT2D eigenvalue weighted by atomic mass is 32.1. The maximum Gasteiger partial charge on any atom is 0.365 e. The maximum atomic E-state index is 10.8. The molecule has 0 bridgehead atoms. The van der Waals surface area contributed by atoms with Crippen molar-refractivity contribution in [3.63, 3.8) is 0 Å². The lowest BCUT2D eigenvalue weighted by atomic mass is 10.1. The van der Waals surface area contributed by atoms with Crippen molar-refractivity contribution >= 4 is 17.3 Å². The van der Waals surface area contributed by atoms with Crippen molar-refractivity contribution < 1.29 is 15.0 Å². The lowest BCUT2D eigenvalue weighted by molar-refractivity contribution is 0.0696. The first-order chi connectivity index (χ1) is 8.70. The molecule has 0 radical (unpaired) electrons. The lowest BCUT2D eigenvalue weighted by Gasteiger charge is -2.23. The van der Waals surface area contributed by atoms with Crippen molar-refractivity contribution in [2.75, 3.05) is 13.2 Å². The quantitative estimate of drug-likeness (QED) is 0.821. The van der Waals surface area contributed by atoms with Gasteiger partial charge in [-0.3, -0.25) is 4.90 Å². The van der Waals surface area contributed by atoms with Gasteiger partial charge in [0.2, 0.25) is 5.01 Å². The van der Waals surface area contributed by atoms with E-state index in [4.69, 9.17) is 10.2 Å². The SMILES string of the molecule is O=C(O)c1nc(CN2CCCC2CCCO)cs1. The van der Waals surface area contributed by atoms with Crippen LogP contribution in [0, 0.1) is 0 Å². The van der Waals surface area contributed by atoms with E-state index in [2.05, 4.69) is 9.88 Å². The number of aromatic carboxylic acids is 1. The second-order valence-electron chi connectivity index (χ2n) is 4.58. The van der Waals surface area contributed by atoms with Gasteiger partial charge in [0.15, 0.2) is 0 Å². The monoisotopic (exact) mass is 270 g/mol. The Morgan fingerprint density at radius 3 is 3.11 bits per heavy atom. The molecule has 0 saturated carbocycles. The Balaban J connectivity index is 1.92. The molecule has 1 fully saturated rings. The summed E-state index contributed by atoms with van der Waals surface area (Å²) in [6.45, 7) is 2.00. The van der Waals surface area contributed by atoms with Crippen LogP contribution in [0.5, 0.6) is 0 Å². The molecule has 1 aromatic heterocycles. The molecular weight excluding hydrogens is 252 g/mol. The number of carboxylic acids is 1. The van der Waals surface area contributed by atoms with Crippen LogP contribution in [0.15, 0.2) is 5.38 Å². The Morgan fingerprint density at radius 2 is 2.44 bits per heavy atom. The van der Waals surface area contributed by atoms with E-state index in [0.29, 0.717) is 6.04 Å². The third kappa shape index (κ3) is 3.28. The zero-order valence-electron chi connectivity index (χ0n) is 10.2.